The Hall–Kier alpha value is -2.57. The van der Waals surface area contributed by atoms with Crippen LogP contribution in [0.2, 0.25) is 5.02 Å². The SMILES string of the molecule is Cc1cccc(/C=C(/Sc2nnc(-c3ccccc3Cl)o2)C(=O)O)c1. The highest BCUT2D eigenvalue weighted by Crippen LogP contribution is 2.32. The van der Waals surface area contributed by atoms with Crippen LogP contribution in [0.5, 0.6) is 0 Å². The highest BCUT2D eigenvalue weighted by molar-refractivity contribution is 8.03. The molecule has 2 aromatic carbocycles. The third-order valence-corrected chi connectivity index (χ3v) is 4.44. The molecule has 0 bridgehead atoms. The van der Waals surface area contributed by atoms with Gasteiger partial charge in [-0.25, -0.2) is 4.79 Å². The van der Waals surface area contributed by atoms with E-state index in [9.17, 15) is 9.90 Å². The fourth-order valence-electron chi connectivity index (χ4n) is 2.13. The van der Waals surface area contributed by atoms with E-state index in [0.717, 1.165) is 22.9 Å². The van der Waals surface area contributed by atoms with Crippen LogP contribution in [0.25, 0.3) is 17.5 Å². The van der Waals surface area contributed by atoms with Gasteiger partial charge in [0.05, 0.1) is 10.6 Å². The summed E-state index contributed by atoms with van der Waals surface area (Å²) in [5, 5.41) is 17.9. The Balaban J connectivity index is 1.87. The van der Waals surface area contributed by atoms with Crippen LogP contribution in [0.1, 0.15) is 11.1 Å². The summed E-state index contributed by atoms with van der Waals surface area (Å²) in [6.07, 6.45) is 1.57. The van der Waals surface area contributed by atoms with Gasteiger partial charge >= 0.3 is 5.97 Å². The Bertz CT molecular complexity index is 953. The van der Waals surface area contributed by atoms with E-state index in [1.54, 1.807) is 30.3 Å². The van der Waals surface area contributed by atoms with Gasteiger partial charge in [-0.2, -0.15) is 0 Å². The molecule has 0 aliphatic heterocycles. The van der Waals surface area contributed by atoms with E-state index in [2.05, 4.69) is 10.2 Å². The standard InChI is InChI=1S/C18H13ClN2O3S/c1-11-5-4-6-12(9-11)10-15(17(22)23)25-18-21-20-16(24-18)13-7-2-3-8-14(13)19/h2-10H,1H3,(H,22,23)/b15-10+. The minimum Gasteiger partial charge on any atom is -0.477 e. The van der Waals surface area contributed by atoms with Crippen LogP contribution in [-0.4, -0.2) is 21.3 Å². The van der Waals surface area contributed by atoms with Crippen LogP contribution < -0.4 is 0 Å². The van der Waals surface area contributed by atoms with Crippen LogP contribution in [0.15, 0.2) is 63.1 Å². The van der Waals surface area contributed by atoms with Gasteiger partial charge in [0, 0.05) is 0 Å². The van der Waals surface area contributed by atoms with Crippen molar-refractivity contribution in [2.45, 2.75) is 12.1 Å². The maximum atomic E-state index is 11.5. The van der Waals surface area contributed by atoms with Gasteiger partial charge in [-0.1, -0.05) is 53.6 Å². The Morgan fingerprint density at radius 1 is 1.20 bits per heavy atom. The van der Waals surface area contributed by atoms with E-state index in [-0.39, 0.29) is 16.0 Å². The predicted molar refractivity (Wildman–Crippen MR) is 97.4 cm³/mol. The Labute approximate surface area is 153 Å². The van der Waals surface area contributed by atoms with E-state index in [1.165, 1.54) is 0 Å². The molecule has 3 aromatic rings. The van der Waals surface area contributed by atoms with Crippen molar-refractivity contribution in [1.29, 1.82) is 0 Å². The molecule has 5 nitrogen and oxygen atoms in total. The monoisotopic (exact) mass is 372 g/mol. The lowest BCUT2D eigenvalue weighted by Gasteiger charge is -2.00. The predicted octanol–water partition coefficient (Wildman–Crippen LogP) is 4.92. The quantitative estimate of drug-likeness (QED) is 0.506. The van der Waals surface area contributed by atoms with E-state index in [0.29, 0.717) is 10.6 Å². The highest BCUT2D eigenvalue weighted by Gasteiger charge is 2.17. The molecule has 1 N–H and O–H groups in total. The minimum absolute atomic E-state index is 0.0833. The number of hydrogen-bond acceptors (Lipinski definition) is 5. The fourth-order valence-corrected chi connectivity index (χ4v) is 3.02. The fraction of sp³-hybridized carbons (Fsp3) is 0.0556. The molecule has 1 aromatic heterocycles. The van der Waals surface area contributed by atoms with Crippen molar-refractivity contribution in [1.82, 2.24) is 10.2 Å². The van der Waals surface area contributed by atoms with Gasteiger partial charge in [0.2, 0.25) is 5.89 Å². The molecule has 0 aliphatic carbocycles. The van der Waals surface area contributed by atoms with Crippen molar-refractivity contribution < 1.29 is 14.3 Å². The number of aliphatic carboxylic acids is 1. The van der Waals surface area contributed by atoms with Crippen molar-refractivity contribution in [3.8, 4) is 11.5 Å². The molecule has 0 saturated heterocycles. The molecule has 0 saturated carbocycles. The van der Waals surface area contributed by atoms with Crippen molar-refractivity contribution in [2.24, 2.45) is 0 Å². The Kier molecular flexibility index (Phi) is 5.21. The van der Waals surface area contributed by atoms with Crippen LogP contribution in [0, 0.1) is 6.92 Å². The van der Waals surface area contributed by atoms with Crippen LogP contribution in [-0.2, 0) is 4.79 Å². The number of carboxylic acids is 1. The third kappa shape index (κ3) is 4.29. The summed E-state index contributed by atoms with van der Waals surface area (Å²) >= 11 is 7.00. The van der Waals surface area contributed by atoms with Gasteiger partial charge in [0.15, 0.2) is 0 Å². The molecule has 3 rings (SSSR count). The summed E-state index contributed by atoms with van der Waals surface area (Å²) in [7, 11) is 0. The zero-order chi connectivity index (χ0) is 17.8. The summed E-state index contributed by atoms with van der Waals surface area (Å²) in [5.41, 5.74) is 2.43. The maximum Gasteiger partial charge on any atom is 0.342 e. The number of nitrogens with zero attached hydrogens (tertiary/aromatic N) is 2. The summed E-state index contributed by atoms with van der Waals surface area (Å²) in [6, 6.07) is 14.6. The second-order valence-electron chi connectivity index (χ2n) is 5.18. The first-order valence-electron chi connectivity index (χ1n) is 7.31. The van der Waals surface area contributed by atoms with E-state index >= 15 is 0 Å². The van der Waals surface area contributed by atoms with Crippen molar-refractivity contribution >= 4 is 35.4 Å². The zero-order valence-electron chi connectivity index (χ0n) is 13.1. The lowest BCUT2D eigenvalue weighted by molar-refractivity contribution is -0.131. The molecule has 0 fully saturated rings. The lowest BCUT2D eigenvalue weighted by Crippen LogP contribution is -1.96. The molecule has 0 aliphatic rings. The molecule has 0 spiro atoms. The van der Waals surface area contributed by atoms with Gasteiger partial charge in [-0.05, 0) is 42.5 Å². The van der Waals surface area contributed by atoms with Gasteiger partial charge in [-0.3, -0.25) is 0 Å². The minimum atomic E-state index is -1.07. The van der Waals surface area contributed by atoms with Gasteiger partial charge in [-0.15, -0.1) is 10.2 Å². The number of rotatable bonds is 5. The summed E-state index contributed by atoms with van der Waals surface area (Å²) in [5.74, 6) is -0.822. The van der Waals surface area contributed by atoms with E-state index < -0.39 is 5.97 Å². The average Bonchev–Trinajstić information content (AvgIpc) is 3.03. The number of carbonyl (C=O) groups is 1. The second-order valence-corrected chi connectivity index (χ2v) is 6.58. The highest BCUT2D eigenvalue weighted by atomic mass is 35.5. The molecular formula is C18H13ClN2O3S. The van der Waals surface area contributed by atoms with E-state index in [1.807, 2.05) is 31.2 Å². The van der Waals surface area contributed by atoms with Gasteiger partial charge < -0.3 is 9.52 Å². The first-order valence-corrected chi connectivity index (χ1v) is 8.50. The van der Waals surface area contributed by atoms with Gasteiger partial charge in [0.25, 0.3) is 5.22 Å². The summed E-state index contributed by atoms with van der Waals surface area (Å²) in [6.45, 7) is 1.94. The molecule has 0 amide bonds. The number of aromatic nitrogens is 2. The third-order valence-electron chi connectivity index (χ3n) is 3.26. The van der Waals surface area contributed by atoms with Crippen LogP contribution >= 0.6 is 23.4 Å². The lowest BCUT2D eigenvalue weighted by atomic mass is 10.1. The number of thioether (sulfide) groups is 1. The first kappa shape index (κ1) is 17.3. The molecule has 0 radical (unpaired) electrons. The van der Waals surface area contributed by atoms with Gasteiger partial charge in [0.1, 0.15) is 4.91 Å². The average molecular weight is 373 g/mol. The van der Waals surface area contributed by atoms with Crippen LogP contribution in [0.3, 0.4) is 0 Å². The number of hydrogen-bond donors (Lipinski definition) is 1. The normalized spacial score (nSPS) is 11.5. The molecule has 0 unspecified atom stereocenters. The molecule has 1 heterocycles. The molecule has 25 heavy (non-hydrogen) atoms. The summed E-state index contributed by atoms with van der Waals surface area (Å²) in [4.78, 5) is 11.6. The topological polar surface area (TPSA) is 76.2 Å². The number of halogens is 1. The largest absolute Gasteiger partial charge is 0.477 e. The first-order chi connectivity index (χ1) is 12.0. The van der Waals surface area contributed by atoms with Crippen molar-refractivity contribution in [3.05, 3.63) is 69.6 Å². The van der Waals surface area contributed by atoms with E-state index in [4.69, 9.17) is 16.0 Å². The Morgan fingerprint density at radius 3 is 2.72 bits per heavy atom. The molecule has 0 atom stereocenters. The molecule has 126 valence electrons. The second kappa shape index (κ2) is 7.55. The zero-order valence-corrected chi connectivity index (χ0v) is 14.7. The van der Waals surface area contributed by atoms with Crippen LogP contribution in [0.4, 0.5) is 0 Å². The maximum absolute atomic E-state index is 11.5. The Morgan fingerprint density at radius 2 is 2.00 bits per heavy atom. The smallest absolute Gasteiger partial charge is 0.342 e. The summed E-state index contributed by atoms with van der Waals surface area (Å²) < 4.78 is 5.54. The molecular weight excluding hydrogens is 360 g/mol. The number of aryl methyl sites for hydroxylation is 1. The number of carboxylic acid groups (broad SMARTS) is 1. The molecule has 7 heteroatoms. The van der Waals surface area contributed by atoms with Crippen molar-refractivity contribution in [2.75, 3.05) is 0 Å². The number of benzene rings is 2. The van der Waals surface area contributed by atoms with Crippen molar-refractivity contribution in [3.63, 3.8) is 0 Å².